The number of esters is 1. The Balaban J connectivity index is 1.72. The van der Waals surface area contributed by atoms with Gasteiger partial charge in [-0.3, -0.25) is 4.99 Å². The minimum absolute atomic E-state index is 0.176. The molecule has 3 atom stereocenters. The predicted octanol–water partition coefficient (Wildman–Crippen LogP) is 9.19. The topological polar surface area (TPSA) is 59.9 Å². The molecular formula is C35H39Cl2FN2O3. The molecule has 3 aromatic rings. The Labute approximate surface area is 263 Å². The van der Waals surface area contributed by atoms with Gasteiger partial charge in [0.25, 0.3) is 0 Å². The fourth-order valence-corrected chi connectivity index (χ4v) is 7.40. The lowest BCUT2D eigenvalue weighted by Gasteiger charge is -2.48. The number of nitrogens with zero attached hydrogens (tertiary/aromatic N) is 1. The molecule has 2 aliphatic heterocycles. The number of benzene rings is 3. The number of halogens is 3. The van der Waals surface area contributed by atoms with E-state index >= 15 is 0 Å². The molecule has 0 unspecified atom stereocenters. The molecule has 1 fully saturated rings. The predicted molar refractivity (Wildman–Crippen MR) is 172 cm³/mol. The maximum atomic E-state index is 14.8. The average molecular weight is 626 g/mol. The summed E-state index contributed by atoms with van der Waals surface area (Å²) in [5.41, 5.74) is 2.64. The van der Waals surface area contributed by atoms with Crippen LogP contribution in [0.25, 0.3) is 0 Å². The van der Waals surface area contributed by atoms with Gasteiger partial charge in [-0.2, -0.15) is 0 Å². The van der Waals surface area contributed by atoms with E-state index in [1.54, 1.807) is 12.1 Å². The monoisotopic (exact) mass is 624 g/mol. The number of aryl methyl sites for hydroxylation is 1. The van der Waals surface area contributed by atoms with Crippen LogP contribution in [0.1, 0.15) is 87.1 Å². The fraction of sp³-hybridized carbons (Fsp3) is 0.429. The number of aliphatic imine (C=N–C) groups is 1. The van der Waals surface area contributed by atoms with Crippen molar-refractivity contribution in [3.63, 3.8) is 0 Å². The summed E-state index contributed by atoms with van der Waals surface area (Å²) in [4.78, 5) is 18.4. The third-order valence-electron chi connectivity index (χ3n) is 8.84. The Bertz CT molecular complexity index is 1520. The molecule has 5 rings (SSSR count). The van der Waals surface area contributed by atoms with Gasteiger partial charge < -0.3 is 14.8 Å². The quantitative estimate of drug-likeness (QED) is 0.228. The summed E-state index contributed by atoms with van der Waals surface area (Å²) < 4.78 is 27.2. The van der Waals surface area contributed by atoms with Gasteiger partial charge in [-0.05, 0) is 98.8 Å². The number of fused-ring (bicyclic) bond motifs is 2. The van der Waals surface area contributed by atoms with E-state index in [0.717, 1.165) is 47.2 Å². The van der Waals surface area contributed by atoms with E-state index in [1.165, 1.54) is 6.07 Å². The number of ether oxygens (including phenoxy) is 2. The lowest BCUT2D eigenvalue weighted by atomic mass is 9.59. The Morgan fingerprint density at radius 2 is 1.74 bits per heavy atom. The lowest BCUT2D eigenvalue weighted by Crippen LogP contribution is -2.52. The minimum Gasteiger partial charge on any atom is -0.475 e. The zero-order valence-electron chi connectivity index (χ0n) is 25.2. The summed E-state index contributed by atoms with van der Waals surface area (Å²) in [6.45, 7) is 8.83. The highest BCUT2D eigenvalue weighted by Crippen LogP contribution is 2.58. The number of hydrogen-bond acceptors (Lipinski definition) is 5. The van der Waals surface area contributed by atoms with Gasteiger partial charge in [-0.15, -0.1) is 0 Å². The second kappa shape index (κ2) is 13.0. The number of rotatable bonds is 10. The summed E-state index contributed by atoms with van der Waals surface area (Å²) in [6, 6.07) is 16.0. The maximum Gasteiger partial charge on any atom is 0.350 e. The second-order valence-electron chi connectivity index (χ2n) is 11.6. The highest BCUT2D eigenvalue weighted by molar-refractivity contribution is 6.31. The van der Waals surface area contributed by atoms with Crippen molar-refractivity contribution in [1.29, 1.82) is 0 Å². The van der Waals surface area contributed by atoms with Gasteiger partial charge in [-0.1, -0.05) is 62.0 Å². The van der Waals surface area contributed by atoms with Gasteiger partial charge >= 0.3 is 5.97 Å². The Kier molecular flexibility index (Phi) is 9.50. The van der Waals surface area contributed by atoms with E-state index in [2.05, 4.69) is 5.32 Å². The molecule has 3 aromatic carbocycles. The van der Waals surface area contributed by atoms with Crippen LogP contribution in [0, 0.1) is 12.7 Å². The molecule has 5 nitrogen and oxygen atoms in total. The first-order valence-corrected chi connectivity index (χ1v) is 15.9. The molecule has 0 aliphatic carbocycles. The van der Waals surface area contributed by atoms with Crippen LogP contribution in [0.5, 0.6) is 5.75 Å². The fourth-order valence-electron chi connectivity index (χ4n) is 7.05. The number of piperidine rings is 1. The van der Waals surface area contributed by atoms with E-state index in [-0.39, 0.29) is 30.4 Å². The summed E-state index contributed by atoms with van der Waals surface area (Å²) in [7, 11) is 0. The molecule has 2 aliphatic rings. The number of carbonyl (C=O) groups excluding carboxylic acids is 1. The van der Waals surface area contributed by atoms with Crippen molar-refractivity contribution in [2.75, 3.05) is 13.2 Å². The van der Waals surface area contributed by atoms with Crippen molar-refractivity contribution in [2.24, 2.45) is 4.99 Å². The largest absolute Gasteiger partial charge is 0.475 e. The molecule has 1 N–H and O–H groups in total. The van der Waals surface area contributed by atoms with Gasteiger partial charge in [0.1, 0.15) is 11.6 Å². The third-order valence-corrected chi connectivity index (χ3v) is 9.31. The molecule has 2 heterocycles. The van der Waals surface area contributed by atoms with E-state index in [1.807, 2.05) is 70.3 Å². The van der Waals surface area contributed by atoms with Crippen LogP contribution >= 0.6 is 23.2 Å². The van der Waals surface area contributed by atoms with Crippen LogP contribution in [0.15, 0.2) is 59.6 Å². The number of hydrogen-bond donors (Lipinski definition) is 1. The molecule has 43 heavy (non-hydrogen) atoms. The lowest BCUT2D eigenvalue weighted by molar-refractivity contribution is -0.163. The highest BCUT2D eigenvalue weighted by Gasteiger charge is 2.54. The van der Waals surface area contributed by atoms with Crippen LogP contribution in [0.3, 0.4) is 0 Å². The van der Waals surface area contributed by atoms with Crippen LogP contribution in [0.4, 0.5) is 10.1 Å². The Morgan fingerprint density at radius 1 is 1.02 bits per heavy atom. The third kappa shape index (κ3) is 5.82. The summed E-state index contributed by atoms with van der Waals surface area (Å²) in [5, 5.41) is 4.87. The first kappa shape index (κ1) is 31.5. The van der Waals surface area contributed by atoms with Gasteiger partial charge in [0.05, 0.1) is 17.7 Å². The summed E-state index contributed by atoms with van der Waals surface area (Å²) in [5.74, 6) is -0.230. The maximum absolute atomic E-state index is 14.8. The molecule has 0 bridgehead atoms. The first-order chi connectivity index (χ1) is 20.7. The molecule has 0 saturated carbocycles. The van der Waals surface area contributed by atoms with Gasteiger partial charge in [0.15, 0.2) is 0 Å². The van der Waals surface area contributed by atoms with Crippen LogP contribution < -0.4 is 10.1 Å². The average Bonchev–Trinajstić information content (AvgIpc) is 3.34. The van der Waals surface area contributed by atoms with E-state index < -0.39 is 11.0 Å². The van der Waals surface area contributed by atoms with Crippen LogP contribution in [0.2, 0.25) is 10.0 Å². The molecular weight excluding hydrogens is 586 g/mol. The standard InChI is InChI=1S/C35H39Cl2FN2O3/c1-5-15-34(16-6-2,33(41)42-7-3)43-31-13-10-23(36)18-27(31)28-14-17-39-32(26-20-25(38)11-8-22(26)4)35(28)21-40-30-19-24(37)9-12-29(30)35/h8-13,18-21,28,32,39H,5-7,14-17H2,1-4H3/t28-,32-,35+/m0/s1. The Morgan fingerprint density at radius 3 is 2.47 bits per heavy atom. The first-order valence-electron chi connectivity index (χ1n) is 15.2. The second-order valence-corrected chi connectivity index (χ2v) is 12.5. The number of nitrogens with one attached hydrogen (secondary N) is 1. The smallest absolute Gasteiger partial charge is 0.350 e. The SMILES string of the molecule is CCCC(CCC)(Oc1ccc(Cl)cc1[C@@H]1CCN[C@@H](c2cc(F)ccc2C)[C@]12C=Nc1cc(Cl)ccc12)C(=O)OCC. The van der Waals surface area contributed by atoms with Crippen molar-refractivity contribution < 1.29 is 18.7 Å². The molecule has 1 saturated heterocycles. The van der Waals surface area contributed by atoms with Crippen molar-refractivity contribution in [1.82, 2.24) is 5.32 Å². The molecule has 0 amide bonds. The summed E-state index contributed by atoms with van der Waals surface area (Å²) >= 11 is 13.1. The van der Waals surface area contributed by atoms with Crippen molar-refractivity contribution >= 4 is 41.1 Å². The van der Waals surface area contributed by atoms with E-state index in [4.69, 9.17) is 37.7 Å². The van der Waals surface area contributed by atoms with Crippen LogP contribution in [-0.4, -0.2) is 30.9 Å². The van der Waals surface area contributed by atoms with Gasteiger partial charge in [0.2, 0.25) is 5.60 Å². The zero-order chi connectivity index (χ0) is 30.8. The van der Waals surface area contributed by atoms with Crippen molar-refractivity contribution in [3.05, 3.63) is 92.7 Å². The van der Waals surface area contributed by atoms with Crippen LogP contribution in [-0.2, 0) is 14.9 Å². The highest BCUT2D eigenvalue weighted by atomic mass is 35.5. The summed E-state index contributed by atoms with van der Waals surface area (Å²) in [6.07, 6.45) is 5.26. The molecule has 0 radical (unpaired) electrons. The number of carbonyl (C=O) groups is 1. The molecule has 1 spiro atoms. The van der Waals surface area contributed by atoms with E-state index in [0.29, 0.717) is 35.2 Å². The molecule has 228 valence electrons. The molecule has 8 heteroatoms. The van der Waals surface area contributed by atoms with Crippen molar-refractivity contribution in [3.8, 4) is 5.75 Å². The minimum atomic E-state index is -1.13. The Hall–Kier alpha value is -2.93. The van der Waals surface area contributed by atoms with Gasteiger partial charge in [0, 0.05) is 33.8 Å². The van der Waals surface area contributed by atoms with Crippen molar-refractivity contribution in [2.45, 2.75) is 82.8 Å². The molecule has 0 aromatic heterocycles. The van der Waals surface area contributed by atoms with Gasteiger partial charge in [-0.25, -0.2) is 9.18 Å². The van der Waals surface area contributed by atoms with E-state index in [9.17, 15) is 9.18 Å². The normalized spacial score (nSPS) is 21.2. The zero-order valence-corrected chi connectivity index (χ0v) is 26.7.